The Morgan fingerprint density at radius 1 is 1.30 bits per heavy atom. The number of amides is 1. The van der Waals surface area contributed by atoms with E-state index in [0.29, 0.717) is 5.56 Å². The van der Waals surface area contributed by atoms with Gasteiger partial charge in [-0.1, -0.05) is 0 Å². The Balaban J connectivity index is 1.59. The van der Waals surface area contributed by atoms with Crippen LogP contribution < -0.4 is 5.32 Å². The Morgan fingerprint density at radius 3 is 2.83 bits per heavy atom. The SMILES string of the molecule is Cc1cc(C(=O)NC2CCN(C3CC3)C2)c2c(C)nn(C)c2n1. The molecule has 0 aromatic carbocycles. The molecule has 2 fully saturated rings. The smallest absolute Gasteiger partial charge is 0.252 e. The molecular formula is C17H23N5O. The molecule has 1 aliphatic carbocycles. The van der Waals surface area contributed by atoms with Gasteiger partial charge in [0.2, 0.25) is 0 Å². The highest BCUT2D eigenvalue weighted by molar-refractivity contribution is 6.06. The van der Waals surface area contributed by atoms with E-state index in [4.69, 9.17) is 0 Å². The fraction of sp³-hybridized carbons (Fsp3) is 0.588. The fourth-order valence-electron chi connectivity index (χ4n) is 3.69. The highest BCUT2D eigenvalue weighted by atomic mass is 16.1. The number of pyridine rings is 1. The second kappa shape index (κ2) is 5.30. The number of aromatic nitrogens is 3. The molecule has 23 heavy (non-hydrogen) atoms. The van der Waals surface area contributed by atoms with Crippen LogP contribution in [0.5, 0.6) is 0 Å². The molecule has 2 aromatic heterocycles. The van der Waals surface area contributed by atoms with Crippen molar-refractivity contribution in [1.82, 2.24) is 25.0 Å². The molecule has 1 amide bonds. The largest absolute Gasteiger partial charge is 0.348 e. The van der Waals surface area contributed by atoms with E-state index in [2.05, 4.69) is 20.3 Å². The quantitative estimate of drug-likeness (QED) is 0.934. The Hall–Kier alpha value is -1.95. The van der Waals surface area contributed by atoms with Crippen molar-refractivity contribution in [2.75, 3.05) is 13.1 Å². The number of carbonyl (C=O) groups excluding carboxylic acids is 1. The molecule has 1 atom stereocenters. The summed E-state index contributed by atoms with van der Waals surface area (Å²) in [7, 11) is 1.87. The van der Waals surface area contributed by atoms with Gasteiger partial charge < -0.3 is 5.32 Å². The van der Waals surface area contributed by atoms with Crippen LogP contribution in [0.2, 0.25) is 0 Å². The normalized spacial score (nSPS) is 22.0. The van der Waals surface area contributed by atoms with Crippen LogP contribution in [-0.4, -0.2) is 50.7 Å². The number of nitrogens with one attached hydrogen (secondary N) is 1. The molecule has 122 valence electrons. The summed E-state index contributed by atoms with van der Waals surface area (Å²) >= 11 is 0. The molecular weight excluding hydrogens is 290 g/mol. The Morgan fingerprint density at radius 2 is 2.09 bits per heavy atom. The predicted molar refractivity (Wildman–Crippen MR) is 88.4 cm³/mol. The topological polar surface area (TPSA) is 63.1 Å². The fourth-order valence-corrected chi connectivity index (χ4v) is 3.69. The van der Waals surface area contributed by atoms with Crippen LogP contribution in [0.25, 0.3) is 11.0 Å². The molecule has 2 aliphatic rings. The summed E-state index contributed by atoms with van der Waals surface area (Å²) in [4.78, 5) is 19.9. The number of carbonyl (C=O) groups is 1. The van der Waals surface area contributed by atoms with E-state index in [1.165, 1.54) is 12.8 Å². The molecule has 0 radical (unpaired) electrons. The highest BCUT2D eigenvalue weighted by Crippen LogP contribution is 2.30. The van der Waals surface area contributed by atoms with Crippen LogP contribution in [-0.2, 0) is 7.05 Å². The number of rotatable bonds is 3. The van der Waals surface area contributed by atoms with Crippen molar-refractivity contribution in [3.63, 3.8) is 0 Å². The lowest BCUT2D eigenvalue weighted by Gasteiger charge is -2.16. The molecule has 6 nitrogen and oxygen atoms in total. The number of likely N-dealkylation sites (tertiary alicyclic amines) is 1. The summed E-state index contributed by atoms with van der Waals surface area (Å²) in [5.41, 5.74) is 3.17. The molecule has 1 N–H and O–H groups in total. The highest BCUT2D eigenvalue weighted by Gasteiger charge is 2.35. The third kappa shape index (κ3) is 2.61. The Kier molecular flexibility index (Phi) is 3.37. The van der Waals surface area contributed by atoms with Gasteiger partial charge in [0.15, 0.2) is 5.65 Å². The van der Waals surface area contributed by atoms with Crippen LogP contribution in [0.4, 0.5) is 0 Å². The van der Waals surface area contributed by atoms with Gasteiger partial charge in [-0.05, 0) is 39.2 Å². The van der Waals surface area contributed by atoms with Gasteiger partial charge in [-0.15, -0.1) is 0 Å². The zero-order valence-corrected chi connectivity index (χ0v) is 14.0. The van der Waals surface area contributed by atoms with Crippen molar-refractivity contribution in [2.45, 2.75) is 45.2 Å². The van der Waals surface area contributed by atoms with E-state index in [1.807, 2.05) is 27.0 Å². The van der Waals surface area contributed by atoms with Crippen molar-refractivity contribution >= 4 is 16.9 Å². The van der Waals surface area contributed by atoms with Crippen LogP contribution >= 0.6 is 0 Å². The minimum Gasteiger partial charge on any atom is -0.348 e. The molecule has 3 heterocycles. The summed E-state index contributed by atoms with van der Waals surface area (Å²) in [6.45, 7) is 5.94. The van der Waals surface area contributed by atoms with Crippen molar-refractivity contribution in [1.29, 1.82) is 0 Å². The molecule has 1 aliphatic heterocycles. The second-order valence-corrected chi connectivity index (χ2v) is 6.90. The van der Waals surface area contributed by atoms with E-state index < -0.39 is 0 Å². The number of hydrogen-bond donors (Lipinski definition) is 1. The van der Waals surface area contributed by atoms with Crippen molar-refractivity contribution < 1.29 is 4.79 Å². The van der Waals surface area contributed by atoms with Gasteiger partial charge in [-0.25, -0.2) is 4.98 Å². The van der Waals surface area contributed by atoms with Gasteiger partial charge in [0.25, 0.3) is 5.91 Å². The van der Waals surface area contributed by atoms with E-state index in [0.717, 1.165) is 48.0 Å². The average Bonchev–Trinajstić information content (AvgIpc) is 3.19. The summed E-state index contributed by atoms with van der Waals surface area (Å²) in [6.07, 6.45) is 3.68. The molecule has 0 bridgehead atoms. The molecule has 1 unspecified atom stereocenters. The summed E-state index contributed by atoms with van der Waals surface area (Å²) in [6, 6.07) is 2.90. The van der Waals surface area contributed by atoms with E-state index in [1.54, 1.807) is 4.68 Å². The van der Waals surface area contributed by atoms with E-state index in [-0.39, 0.29) is 11.9 Å². The third-order valence-corrected chi connectivity index (χ3v) is 4.96. The second-order valence-electron chi connectivity index (χ2n) is 6.90. The first-order valence-electron chi connectivity index (χ1n) is 8.39. The molecule has 1 saturated carbocycles. The summed E-state index contributed by atoms with van der Waals surface area (Å²) in [5, 5.41) is 8.50. The summed E-state index contributed by atoms with van der Waals surface area (Å²) in [5.74, 6) is -0.000697. The molecule has 1 saturated heterocycles. The molecule has 4 rings (SSSR count). The number of nitrogens with zero attached hydrogens (tertiary/aromatic N) is 4. The van der Waals surface area contributed by atoms with Gasteiger partial charge in [0, 0.05) is 37.9 Å². The molecule has 0 spiro atoms. The van der Waals surface area contributed by atoms with Gasteiger partial charge in [-0.2, -0.15) is 5.10 Å². The lowest BCUT2D eigenvalue weighted by atomic mass is 10.1. The lowest BCUT2D eigenvalue weighted by molar-refractivity contribution is 0.0939. The Bertz CT molecular complexity index is 777. The lowest BCUT2D eigenvalue weighted by Crippen LogP contribution is -2.37. The minimum atomic E-state index is -0.000697. The average molecular weight is 313 g/mol. The minimum absolute atomic E-state index is 0.000697. The van der Waals surface area contributed by atoms with Gasteiger partial charge in [0.1, 0.15) is 0 Å². The zero-order valence-electron chi connectivity index (χ0n) is 14.0. The number of fused-ring (bicyclic) bond motifs is 1. The van der Waals surface area contributed by atoms with E-state index >= 15 is 0 Å². The van der Waals surface area contributed by atoms with Crippen molar-refractivity contribution in [3.8, 4) is 0 Å². The molecule has 2 aromatic rings. The van der Waals surface area contributed by atoms with Gasteiger partial charge >= 0.3 is 0 Å². The maximum atomic E-state index is 12.8. The van der Waals surface area contributed by atoms with Gasteiger partial charge in [-0.3, -0.25) is 14.4 Å². The first-order chi connectivity index (χ1) is 11.0. The number of hydrogen-bond acceptors (Lipinski definition) is 4. The first kappa shape index (κ1) is 14.6. The standard InChI is InChI=1S/C17H23N5O/c1-10-8-14(15-11(2)20-21(3)16(15)18-10)17(23)19-12-6-7-22(9-12)13-4-5-13/h8,12-13H,4-7,9H2,1-3H3,(H,19,23). The zero-order chi connectivity index (χ0) is 16.1. The van der Waals surface area contributed by atoms with Crippen molar-refractivity contribution in [2.24, 2.45) is 7.05 Å². The summed E-state index contributed by atoms with van der Waals surface area (Å²) < 4.78 is 1.75. The van der Waals surface area contributed by atoms with Gasteiger partial charge in [0.05, 0.1) is 16.6 Å². The monoisotopic (exact) mass is 313 g/mol. The maximum Gasteiger partial charge on any atom is 0.252 e. The third-order valence-electron chi connectivity index (χ3n) is 4.96. The predicted octanol–water partition coefficient (Wildman–Crippen LogP) is 1.55. The van der Waals surface area contributed by atoms with Crippen molar-refractivity contribution in [3.05, 3.63) is 23.0 Å². The van der Waals surface area contributed by atoms with E-state index in [9.17, 15) is 4.79 Å². The Labute approximate surface area is 135 Å². The van der Waals surface area contributed by atoms with Crippen LogP contribution in [0.1, 0.15) is 41.0 Å². The van der Waals surface area contributed by atoms with Crippen LogP contribution in [0, 0.1) is 13.8 Å². The first-order valence-corrected chi connectivity index (χ1v) is 8.39. The number of aryl methyl sites for hydroxylation is 3. The van der Waals surface area contributed by atoms with Crippen LogP contribution in [0.3, 0.4) is 0 Å². The van der Waals surface area contributed by atoms with Crippen LogP contribution in [0.15, 0.2) is 6.07 Å². The molecule has 6 heteroatoms. The maximum absolute atomic E-state index is 12.8.